The number of hydrogen-bond donors (Lipinski definition) is 0. The number of sulfonamides is 1. The molecule has 0 aromatic carbocycles. The van der Waals surface area contributed by atoms with Crippen molar-refractivity contribution >= 4 is 10.0 Å². The van der Waals surface area contributed by atoms with Gasteiger partial charge in [0.1, 0.15) is 0 Å². The molecule has 1 heterocycles. The molecular formula is C6H10N2O2S. The van der Waals surface area contributed by atoms with E-state index >= 15 is 0 Å². The Morgan fingerprint density at radius 2 is 2.00 bits per heavy atom. The Morgan fingerprint density at radius 1 is 1.55 bits per heavy atom. The topological polar surface area (TPSA) is 61.2 Å². The van der Waals surface area contributed by atoms with Crippen molar-refractivity contribution in [2.24, 2.45) is 5.41 Å². The van der Waals surface area contributed by atoms with Gasteiger partial charge in [0, 0.05) is 13.1 Å². The van der Waals surface area contributed by atoms with Crippen LogP contribution < -0.4 is 0 Å². The average molecular weight is 174 g/mol. The molecule has 5 heteroatoms. The molecule has 1 saturated heterocycles. The maximum absolute atomic E-state index is 10.8. The number of rotatable bonds is 1. The molecule has 62 valence electrons. The van der Waals surface area contributed by atoms with Crippen LogP contribution >= 0.6 is 0 Å². The molecular weight excluding hydrogens is 164 g/mol. The third-order valence-electron chi connectivity index (χ3n) is 1.79. The van der Waals surface area contributed by atoms with Gasteiger partial charge >= 0.3 is 0 Å². The van der Waals surface area contributed by atoms with Crippen LogP contribution in [0.4, 0.5) is 0 Å². The quantitative estimate of drug-likeness (QED) is 0.552. The minimum atomic E-state index is -3.06. The van der Waals surface area contributed by atoms with Crippen molar-refractivity contribution in [1.29, 1.82) is 5.26 Å². The smallest absolute Gasteiger partial charge is 0.211 e. The maximum Gasteiger partial charge on any atom is 0.211 e. The standard InChI is InChI=1S/C6H10N2O2S/c1-6(3-7)4-8(5-6)11(2,9)10/h4-5H2,1-2H3. The van der Waals surface area contributed by atoms with Crippen LogP contribution in [-0.4, -0.2) is 32.1 Å². The summed E-state index contributed by atoms with van der Waals surface area (Å²) in [5, 5.41) is 8.56. The van der Waals surface area contributed by atoms with Crippen LogP contribution in [0.15, 0.2) is 0 Å². The highest BCUT2D eigenvalue weighted by atomic mass is 32.2. The van der Waals surface area contributed by atoms with Gasteiger partial charge in [0.15, 0.2) is 0 Å². The van der Waals surface area contributed by atoms with Gasteiger partial charge in [0.05, 0.1) is 17.7 Å². The summed E-state index contributed by atoms with van der Waals surface area (Å²) in [5.41, 5.74) is -0.455. The number of nitriles is 1. The first-order valence-electron chi connectivity index (χ1n) is 3.24. The lowest BCUT2D eigenvalue weighted by atomic mass is 9.86. The zero-order valence-electron chi connectivity index (χ0n) is 6.53. The van der Waals surface area contributed by atoms with E-state index in [-0.39, 0.29) is 0 Å². The van der Waals surface area contributed by atoms with Gasteiger partial charge in [-0.3, -0.25) is 0 Å². The predicted molar refractivity (Wildman–Crippen MR) is 40.1 cm³/mol. The van der Waals surface area contributed by atoms with E-state index in [2.05, 4.69) is 6.07 Å². The summed E-state index contributed by atoms with van der Waals surface area (Å²) >= 11 is 0. The zero-order valence-corrected chi connectivity index (χ0v) is 7.35. The molecule has 0 unspecified atom stereocenters. The van der Waals surface area contributed by atoms with Crippen molar-refractivity contribution in [2.75, 3.05) is 19.3 Å². The molecule has 0 aromatic heterocycles. The summed E-state index contributed by atoms with van der Waals surface area (Å²) in [4.78, 5) is 0. The molecule has 0 saturated carbocycles. The molecule has 0 aromatic rings. The Morgan fingerprint density at radius 3 is 2.27 bits per heavy atom. The summed E-state index contributed by atoms with van der Waals surface area (Å²) < 4.78 is 23.0. The van der Waals surface area contributed by atoms with Crippen molar-refractivity contribution in [3.63, 3.8) is 0 Å². The molecule has 0 spiro atoms. The first-order valence-corrected chi connectivity index (χ1v) is 5.09. The van der Waals surface area contributed by atoms with E-state index in [1.54, 1.807) is 6.92 Å². The fraction of sp³-hybridized carbons (Fsp3) is 0.833. The summed E-state index contributed by atoms with van der Waals surface area (Å²) in [7, 11) is -3.06. The van der Waals surface area contributed by atoms with Gasteiger partial charge in [-0.1, -0.05) is 0 Å². The second-order valence-electron chi connectivity index (χ2n) is 3.20. The average Bonchev–Trinajstić information content (AvgIpc) is 1.78. The van der Waals surface area contributed by atoms with Gasteiger partial charge in [-0.25, -0.2) is 8.42 Å². The van der Waals surface area contributed by atoms with E-state index in [4.69, 9.17) is 5.26 Å². The van der Waals surface area contributed by atoms with E-state index in [1.807, 2.05) is 0 Å². The Bertz CT molecular complexity index is 295. The molecule has 1 aliphatic heterocycles. The molecule has 0 N–H and O–H groups in total. The largest absolute Gasteiger partial charge is 0.213 e. The lowest BCUT2D eigenvalue weighted by Crippen LogP contribution is -2.55. The van der Waals surface area contributed by atoms with Gasteiger partial charge in [0.25, 0.3) is 0 Å². The van der Waals surface area contributed by atoms with E-state index in [1.165, 1.54) is 4.31 Å². The lowest BCUT2D eigenvalue weighted by Gasteiger charge is -2.41. The van der Waals surface area contributed by atoms with Gasteiger partial charge < -0.3 is 0 Å². The number of nitrogens with zero attached hydrogens (tertiary/aromatic N) is 2. The Balaban J connectivity index is 2.63. The highest BCUT2D eigenvalue weighted by molar-refractivity contribution is 7.88. The van der Waals surface area contributed by atoms with Crippen LogP contribution in [0, 0.1) is 16.7 Å². The highest BCUT2D eigenvalue weighted by Gasteiger charge is 2.43. The van der Waals surface area contributed by atoms with Crippen LogP contribution in [0.1, 0.15) is 6.92 Å². The first-order chi connectivity index (χ1) is 4.87. The van der Waals surface area contributed by atoms with E-state index < -0.39 is 15.4 Å². The molecule has 0 atom stereocenters. The fourth-order valence-corrected chi connectivity index (χ4v) is 2.08. The van der Waals surface area contributed by atoms with Crippen LogP contribution in [0.3, 0.4) is 0 Å². The second kappa shape index (κ2) is 2.19. The zero-order chi connectivity index (χ0) is 8.70. The molecule has 0 bridgehead atoms. The lowest BCUT2D eigenvalue weighted by molar-refractivity contribution is 0.151. The normalized spacial score (nSPS) is 23.7. The summed E-state index contributed by atoms with van der Waals surface area (Å²) in [5.74, 6) is 0. The molecule has 4 nitrogen and oxygen atoms in total. The Kier molecular flexibility index (Phi) is 1.69. The van der Waals surface area contributed by atoms with Crippen molar-refractivity contribution in [3.8, 4) is 6.07 Å². The monoisotopic (exact) mass is 174 g/mol. The van der Waals surface area contributed by atoms with Crippen molar-refractivity contribution in [1.82, 2.24) is 4.31 Å². The summed E-state index contributed by atoms with van der Waals surface area (Å²) in [6, 6.07) is 2.07. The first kappa shape index (κ1) is 8.50. The summed E-state index contributed by atoms with van der Waals surface area (Å²) in [6.45, 7) is 2.43. The fourth-order valence-electron chi connectivity index (χ4n) is 1.04. The van der Waals surface area contributed by atoms with Crippen LogP contribution in [0.5, 0.6) is 0 Å². The highest BCUT2D eigenvalue weighted by Crippen LogP contribution is 2.30. The second-order valence-corrected chi connectivity index (χ2v) is 5.19. The maximum atomic E-state index is 10.8. The molecule has 1 aliphatic rings. The molecule has 1 rings (SSSR count). The molecule has 0 radical (unpaired) electrons. The van der Waals surface area contributed by atoms with Crippen molar-refractivity contribution in [3.05, 3.63) is 0 Å². The van der Waals surface area contributed by atoms with E-state index in [0.717, 1.165) is 6.26 Å². The molecule has 11 heavy (non-hydrogen) atoms. The predicted octanol–water partition coefficient (Wildman–Crippen LogP) is -0.209. The van der Waals surface area contributed by atoms with E-state index in [9.17, 15) is 8.42 Å². The van der Waals surface area contributed by atoms with Crippen molar-refractivity contribution in [2.45, 2.75) is 6.92 Å². The van der Waals surface area contributed by atoms with Crippen LogP contribution in [-0.2, 0) is 10.0 Å². The van der Waals surface area contributed by atoms with Crippen LogP contribution in [0.2, 0.25) is 0 Å². The number of hydrogen-bond acceptors (Lipinski definition) is 3. The van der Waals surface area contributed by atoms with E-state index in [0.29, 0.717) is 13.1 Å². The molecule has 0 aliphatic carbocycles. The van der Waals surface area contributed by atoms with Gasteiger partial charge in [-0.15, -0.1) is 0 Å². The minimum absolute atomic E-state index is 0.336. The Labute approximate surface area is 66.5 Å². The van der Waals surface area contributed by atoms with Crippen molar-refractivity contribution < 1.29 is 8.42 Å². The third kappa shape index (κ3) is 1.52. The Hall–Kier alpha value is -0.600. The van der Waals surface area contributed by atoms with Gasteiger partial charge in [-0.05, 0) is 6.92 Å². The minimum Gasteiger partial charge on any atom is -0.213 e. The van der Waals surface area contributed by atoms with Gasteiger partial charge in [0.2, 0.25) is 10.0 Å². The molecule has 1 fully saturated rings. The van der Waals surface area contributed by atoms with Gasteiger partial charge in [-0.2, -0.15) is 9.57 Å². The SMILES string of the molecule is CC1(C#N)CN(S(C)(=O)=O)C1. The molecule has 0 amide bonds. The third-order valence-corrected chi connectivity index (χ3v) is 2.99. The van der Waals surface area contributed by atoms with Crippen LogP contribution in [0.25, 0.3) is 0 Å². The summed E-state index contributed by atoms with van der Waals surface area (Å²) in [6.07, 6.45) is 1.16.